The summed E-state index contributed by atoms with van der Waals surface area (Å²) >= 11 is 0. The lowest BCUT2D eigenvalue weighted by molar-refractivity contribution is -0.137. The van der Waals surface area contributed by atoms with Crippen molar-refractivity contribution in [3.8, 4) is 0 Å². The van der Waals surface area contributed by atoms with E-state index in [1.54, 1.807) is 17.8 Å². The highest BCUT2D eigenvalue weighted by Crippen LogP contribution is 2.08. The predicted molar refractivity (Wildman–Crippen MR) is 63.6 cm³/mol. The molecule has 1 amide bonds. The predicted octanol–water partition coefficient (Wildman–Crippen LogP) is -0.343. The Kier molecular flexibility index (Phi) is 3.27. The number of carbonyl (C=O) groups is 2. The second-order valence-corrected chi connectivity index (χ2v) is 3.94. The van der Waals surface area contributed by atoms with Crippen LogP contribution < -0.4 is 5.32 Å². The van der Waals surface area contributed by atoms with E-state index in [9.17, 15) is 9.59 Å². The molecule has 100 valence electrons. The Morgan fingerprint density at radius 2 is 2.21 bits per heavy atom. The monoisotopic (exact) mass is 264 g/mol. The summed E-state index contributed by atoms with van der Waals surface area (Å²) < 4.78 is 2.69. The SMILES string of the molecule is Cc1cc(NC(=O)c2cn(CC(=O)O)nn2)nn1C. The number of aromatic nitrogens is 5. The van der Waals surface area contributed by atoms with Gasteiger partial charge in [-0.3, -0.25) is 14.3 Å². The molecule has 0 aliphatic rings. The molecule has 0 saturated carbocycles. The number of rotatable bonds is 4. The molecule has 19 heavy (non-hydrogen) atoms. The lowest BCUT2D eigenvalue weighted by Gasteiger charge is -1.96. The standard InChI is InChI=1S/C10H12N6O3/c1-6-3-8(13-15(6)2)11-10(19)7-4-16(14-12-7)5-9(17)18/h3-4H,5H2,1-2H3,(H,17,18)(H,11,13,19). The molecular formula is C10H12N6O3. The molecule has 0 aliphatic heterocycles. The van der Waals surface area contributed by atoms with E-state index in [1.165, 1.54) is 6.20 Å². The van der Waals surface area contributed by atoms with Gasteiger partial charge in [0.1, 0.15) is 6.54 Å². The first-order valence-corrected chi connectivity index (χ1v) is 5.39. The van der Waals surface area contributed by atoms with Gasteiger partial charge in [-0.1, -0.05) is 5.21 Å². The van der Waals surface area contributed by atoms with E-state index in [0.29, 0.717) is 5.82 Å². The third-order valence-corrected chi connectivity index (χ3v) is 2.42. The summed E-state index contributed by atoms with van der Waals surface area (Å²) in [5, 5.41) is 22.3. The minimum Gasteiger partial charge on any atom is -0.480 e. The molecule has 2 aromatic rings. The smallest absolute Gasteiger partial charge is 0.325 e. The zero-order valence-corrected chi connectivity index (χ0v) is 10.4. The minimum absolute atomic E-state index is 0.0320. The van der Waals surface area contributed by atoms with Gasteiger partial charge in [-0.25, -0.2) is 4.68 Å². The first kappa shape index (κ1) is 12.7. The van der Waals surface area contributed by atoms with Gasteiger partial charge in [0.05, 0.1) is 6.20 Å². The highest BCUT2D eigenvalue weighted by Gasteiger charge is 2.13. The van der Waals surface area contributed by atoms with E-state index in [2.05, 4.69) is 20.7 Å². The molecule has 2 heterocycles. The van der Waals surface area contributed by atoms with Crippen molar-refractivity contribution in [3.05, 3.63) is 23.7 Å². The molecule has 0 unspecified atom stereocenters. The lowest BCUT2D eigenvalue weighted by Crippen LogP contribution is -2.13. The Hall–Kier alpha value is -2.71. The summed E-state index contributed by atoms with van der Waals surface area (Å²) in [6.45, 7) is 1.51. The number of anilines is 1. The zero-order valence-electron chi connectivity index (χ0n) is 10.4. The number of aliphatic carboxylic acids is 1. The second kappa shape index (κ2) is 4.88. The third-order valence-electron chi connectivity index (χ3n) is 2.42. The van der Waals surface area contributed by atoms with Gasteiger partial charge in [0.15, 0.2) is 11.5 Å². The van der Waals surface area contributed by atoms with Crippen LogP contribution in [-0.4, -0.2) is 41.8 Å². The maximum absolute atomic E-state index is 11.8. The van der Waals surface area contributed by atoms with Crippen molar-refractivity contribution in [1.82, 2.24) is 24.8 Å². The molecule has 0 aromatic carbocycles. The molecule has 0 radical (unpaired) electrons. The van der Waals surface area contributed by atoms with Crippen LogP contribution in [0.2, 0.25) is 0 Å². The zero-order chi connectivity index (χ0) is 14.0. The van der Waals surface area contributed by atoms with E-state index in [0.717, 1.165) is 10.4 Å². The Balaban J connectivity index is 2.07. The maximum atomic E-state index is 11.8. The fourth-order valence-electron chi connectivity index (χ4n) is 1.42. The first-order valence-electron chi connectivity index (χ1n) is 5.39. The average Bonchev–Trinajstić information content (AvgIpc) is 2.86. The van der Waals surface area contributed by atoms with Crippen LogP contribution in [0.15, 0.2) is 12.3 Å². The van der Waals surface area contributed by atoms with Crippen molar-refractivity contribution in [2.45, 2.75) is 13.5 Å². The Morgan fingerprint density at radius 3 is 2.79 bits per heavy atom. The van der Waals surface area contributed by atoms with E-state index in [1.807, 2.05) is 6.92 Å². The van der Waals surface area contributed by atoms with Crippen LogP contribution in [-0.2, 0) is 18.4 Å². The van der Waals surface area contributed by atoms with Gasteiger partial charge in [-0.2, -0.15) is 5.10 Å². The van der Waals surface area contributed by atoms with Gasteiger partial charge in [0.2, 0.25) is 0 Å². The number of nitrogens with zero attached hydrogens (tertiary/aromatic N) is 5. The Labute approximate surface area is 107 Å². The van der Waals surface area contributed by atoms with E-state index < -0.39 is 11.9 Å². The van der Waals surface area contributed by atoms with E-state index in [4.69, 9.17) is 5.11 Å². The quantitative estimate of drug-likeness (QED) is 0.780. The molecule has 2 N–H and O–H groups in total. The Bertz CT molecular complexity index is 609. The van der Waals surface area contributed by atoms with Gasteiger partial charge in [0, 0.05) is 18.8 Å². The molecule has 2 rings (SSSR count). The van der Waals surface area contributed by atoms with Crippen molar-refractivity contribution >= 4 is 17.7 Å². The van der Waals surface area contributed by atoms with Crippen LogP contribution in [0.4, 0.5) is 5.82 Å². The highest BCUT2D eigenvalue weighted by atomic mass is 16.4. The molecular weight excluding hydrogens is 252 g/mol. The van der Waals surface area contributed by atoms with Crippen molar-refractivity contribution in [3.63, 3.8) is 0 Å². The summed E-state index contributed by atoms with van der Waals surface area (Å²) in [6.07, 6.45) is 1.26. The number of amides is 1. The van der Waals surface area contributed by atoms with Crippen molar-refractivity contribution < 1.29 is 14.7 Å². The molecule has 0 spiro atoms. The van der Waals surface area contributed by atoms with Crippen LogP contribution in [0.3, 0.4) is 0 Å². The van der Waals surface area contributed by atoms with E-state index in [-0.39, 0.29) is 12.2 Å². The van der Waals surface area contributed by atoms with Gasteiger partial charge < -0.3 is 10.4 Å². The molecule has 9 heteroatoms. The third kappa shape index (κ3) is 2.94. The first-order chi connectivity index (χ1) is 8.95. The fourth-order valence-corrected chi connectivity index (χ4v) is 1.42. The summed E-state index contributed by atoms with van der Waals surface area (Å²) in [6, 6.07) is 1.71. The topological polar surface area (TPSA) is 115 Å². The summed E-state index contributed by atoms with van der Waals surface area (Å²) in [7, 11) is 1.76. The van der Waals surface area contributed by atoms with Gasteiger partial charge in [-0.05, 0) is 6.92 Å². The van der Waals surface area contributed by atoms with Crippen molar-refractivity contribution in [2.24, 2.45) is 7.05 Å². The molecule has 0 saturated heterocycles. The number of hydrogen-bond acceptors (Lipinski definition) is 5. The molecule has 0 atom stereocenters. The fraction of sp³-hybridized carbons (Fsp3) is 0.300. The van der Waals surface area contributed by atoms with Crippen LogP contribution in [0, 0.1) is 6.92 Å². The molecule has 0 bridgehead atoms. The number of aryl methyl sites for hydroxylation is 2. The van der Waals surface area contributed by atoms with Gasteiger partial charge in [0.25, 0.3) is 5.91 Å². The average molecular weight is 264 g/mol. The van der Waals surface area contributed by atoms with E-state index >= 15 is 0 Å². The van der Waals surface area contributed by atoms with Gasteiger partial charge >= 0.3 is 5.97 Å². The Morgan fingerprint density at radius 1 is 1.47 bits per heavy atom. The number of carboxylic acids is 1. The normalized spacial score (nSPS) is 10.4. The van der Waals surface area contributed by atoms with Crippen LogP contribution in [0.1, 0.15) is 16.2 Å². The lowest BCUT2D eigenvalue weighted by atomic mass is 10.4. The molecule has 2 aromatic heterocycles. The van der Waals surface area contributed by atoms with Crippen molar-refractivity contribution in [1.29, 1.82) is 0 Å². The van der Waals surface area contributed by atoms with Crippen LogP contribution in [0.25, 0.3) is 0 Å². The number of carboxylic acid groups (broad SMARTS) is 1. The molecule has 9 nitrogen and oxygen atoms in total. The maximum Gasteiger partial charge on any atom is 0.325 e. The minimum atomic E-state index is -1.06. The molecule has 0 aliphatic carbocycles. The van der Waals surface area contributed by atoms with Crippen LogP contribution in [0.5, 0.6) is 0 Å². The highest BCUT2D eigenvalue weighted by molar-refractivity contribution is 6.02. The second-order valence-electron chi connectivity index (χ2n) is 3.94. The van der Waals surface area contributed by atoms with Gasteiger partial charge in [-0.15, -0.1) is 5.10 Å². The van der Waals surface area contributed by atoms with Crippen LogP contribution >= 0.6 is 0 Å². The number of hydrogen-bond donors (Lipinski definition) is 2. The largest absolute Gasteiger partial charge is 0.480 e. The molecule has 0 fully saturated rings. The van der Waals surface area contributed by atoms with Crippen molar-refractivity contribution in [2.75, 3.05) is 5.32 Å². The summed E-state index contributed by atoms with van der Waals surface area (Å²) in [5.41, 5.74) is 0.925. The number of carbonyl (C=O) groups excluding carboxylic acids is 1. The summed E-state index contributed by atoms with van der Waals surface area (Å²) in [4.78, 5) is 22.3. The summed E-state index contributed by atoms with van der Waals surface area (Å²) in [5.74, 6) is -1.15. The number of nitrogens with one attached hydrogen (secondary N) is 1.